The summed E-state index contributed by atoms with van der Waals surface area (Å²) in [6, 6.07) is 0. The molecule has 0 unspecified atom stereocenters. The van der Waals surface area contributed by atoms with Gasteiger partial charge in [0, 0.05) is 76.7 Å². The summed E-state index contributed by atoms with van der Waals surface area (Å²) in [5.41, 5.74) is 0. The van der Waals surface area contributed by atoms with Crippen molar-refractivity contribution < 1.29 is 59.1 Å². The Morgan fingerprint density at radius 3 is 1.00 bits per heavy atom. The first-order chi connectivity index (χ1) is 0. The molecule has 1 nitrogen and oxygen atoms in total. The smallest absolute Gasteiger partial charge is 0 e. The summed E-state index contributed by atoms with van der Waals surface area (Å²) in [6.07, 6.45) is 0. The maximum absolute atomic E-state index is 0. The van der Waals surface area contributed by atoms with E-state index in [0.29, 0.717) is 0 Å². The summed E-state index contributed by atoms with van der Waals surface area (Å²) < 4.78 is 0. The van der Waals surface area contributed by atoms with Gasteiger partial charge in [-0.1, -0.05) is 0 Å². The molecule has 0 aliphatic carbocycles. The second-order valence-electron chi connectivity index (χ2n) is 0. The predicted molar refractivity (Wildman–Crippen MR) is 9.37 cm³/mol. The zero-order chi connectivity index (χ0) is 0. The van der Waals surface area contributed by atoms with Gasteiger partial charge in [0.05, 0.1) is 0 Å². The van der Waals surface area contributed by atoms with Gasteiger partial charge in [0.1, 0.15) is 0 Å². The second-order valence-corrected chi connectivity index (χ2v) is 0. The molecule has 0 spiro atoms. The van der Waals surface area contributed by atoms with E-state index in [4.69, 9.17) is 0 Å². The Balaban J connectivity index is 0. The number of hydrogen-bond donors (Lipinski definition) is 0. The molecule has 0 heterocycles. The summed E-state index contributed by atoms with van der Waals surface area (Å²) in [6.45, 7) is 0. The van der Waals surface area contributed by atoms with E-state index in [0.717, 1.165) is 0 Å². The largest absolute Gasteiger partial charge is 0.412 e. The zero-order valence-electron chi connectivity index (χ0n) is 2.65. The maximum Gasteiger partial charge on any atom is 0 e. The van der Waals surface area contributed by atoms with E-state index in [1.54, 1.807) is 0 Å². The van der Waals surface area contributed by atoms with Crippen LogP contribution in [0.5, 0.6) is 0 Å². The minimum atomic E-state index is 0. The average molecular weight is 218 g/mol. The van der Waals surface area contributed by atoms with Gasteiger partial charge in [0.2, 0.25) is 0 Å². The molecule has 0 aliphatic rings. The van der Waals surface area contributed by atoms with Crippen LogP contribution >= 0.6 is 0 Å². The van der Waals surface area contributed by atoms with Crippen molar-refractivity contribution in [3.63, 3.8) is 0 Å². The van der Waals surface area contributed by atoms with Crippen molar-refractivity contribution in [3.05, 3.63) is 0 Å². The molecule has 5 heavy (non-hydrogen) atoms. The zero-order valence-corrected chi connectivity index (χ0v) is 9.31. The molecule has 0 aromatic carbocycles. The first-order valence-corrected chi connectivity index (χ1v) is 0. The van der Waals surface area contributed by atoms with Crippen molar-refractivity contribution in [3.8, 4) is 0 Å². The summed E-state index contributed by atoms with van der Waals surface area (Å²) in [5.74, 6) is 0. The van der Waals surface area contributed by atoms with Crippen LogP contribution in [0.15, 0.2) is 0 Å². The monoisotopic (exact) mass is 217 g/mol. The Bertz CT molecular complexity index is 11.6. The van der Waals surface area contributed by atoms with Crippen LogP contribution in [0.1, 0.15) is 0 Å². The van der Waals surface area contributed by atoms with Crippen LogP contribution in [0.25, 0.3) is 0 Å². The normalized spacial score (nSPS) is 0. The Kier molecular flexibility index (Phi) is 344. The first-order valence-electron chi connectivity index (χ1n) is 0. The van der Waals surface area contributed by atoms with E-state index in [1.165, 1.54) is 0 Å². The first kappa shape index (κ1) is 52.9. The van der Waals surface area contributed by atoms with E-state index >= 15 is 0 Å². The van der Waals surface area contributed by atoms with Crippen LogP contribution in [0.4, 0.5) is 0 Å². The molecule has 0 saturated heterocycles. The second kappa shape index (κ2) is 32.5. The third kappa shape index (κ3) is 21.6. The van der Waals surface area contributed by atoms with E-state index in [1.807, 2.05) is 0 Å². The predicted octanol–water partition coefficient (Wildman–Crippen LogP) is -1.21. The van der Waals surface area contributed by atoms with Gasteiger partial charge in [0.15, 0.2) is 0 Å². The van der Waals surface area contributed by atoms with Crippen molar-refractivity contribution in [1.82, 2.24) is 0 Å². The van der Waals surface area contributed by atoms with E-state index in [2.05, 4.69) is 0 Å². The fraction of sp³-hybridized carbons (Fsp3) is 0. The summed E-state index contributed by atoms with van der Waals surface area (Å²) in [7, 11) is 0. The topological polar surface area (TPSA) is 31.5 Å². The van der Waals surface area contributed by atoms with Gasteiger partial charge < -0.3 is 5.48 Å². The van der Waals surface area contributed by atoms with Crippen molar-refractivity contribution in [2.45, 2.75) is 0 Å². The van der Waals surface area contributed by atoms with Gasteiger partial charge in [-0.2, -0.15) is 0 Å². The third-order valence-electron chi connectivity index (χ3n) is 0. The fourth-order valence-corrected chi connectivity index (χ4v) is 0. The maximum atomic E-state index is 0. The summed E-state index contributed by atoms with van der Waals surface area (Å²) in [5, 5.41) is 0. The van der Waals surface area contributed by atoms with Crippen LogP contribution in [0.3, 0.4) is 0 Å². The molecule has 0 aromatic heterocycles. The van der Waals surface area contributed by atoms with Crippen LogP contribution in [-0.4, -0.2) is 28.5 Å². The van der Waals surface area contributed by atoms with Crippen molar-refractivity contribution in [2.24, 2.45) is 0 Å². The van der Waals surface area contributed by atoms with Crippen LogP contribution < -0.4 is 0 Å². The van der Waals surface area contributed by atoms with E-state index in [9.17, 15) is 0 Å². The molecule has 0 aliphatic heterocycles. The summed E-state index contributed by atoms with van der Waals surface area (Å²) in [4.78, 5) is 0. The van der Waals surface area contributed by atoms with Gasteiger partial charge in [0.25, 0.3) is 0 Å². The molecule has 0 amide bonds. The van der Waals surface area contributed by atoms with Gasteiger partial charge in [-0.05, 0) is 0 Å². The van der Waals surface area contributed by atoms with Crippen LogP contribution in [-0.2, 0) is 53.6 Å². The van der Waals surface area contributed by atoms with Crippen molar-refractivity contribution in [2.75, 3.05) is 0 Å². The van der Waals surface area contributed by atoms with Crippen LogP contribution in [0.2, 0.25) is 0 Å². The minimum Gasteiger partial charge on any atom is -0.412 e. The third-order valence-corrected chi connectivity index (χ3v) is 0. The fourth-order valence-electron chi connectivity index (χ4n) is 0. The van der Waals surface area contributed by atoms with Crippen molar-refractivity contribution >= 4 is 23.1 Å². The minimum absolute atomic E-state index is 0. The molecule has 3 radical (unpaired) electrons. The quantitative estimate of drug-likeness (QED) is 0.457. The molecule has 5 heteroatoms. The molecule has 2 N–H and O–H groups in total. The molecule has 0 saturated carbocycles. The molecule has 0 fully saturated rings. The molecule has 0 aromatic rings. The molecular formula is H2FeMgMnOZn. The Hall–Kier alpha value is 2.39. The van der Waals surface area contributed by atoms with Crippen LogP contribution in [0, 0.1) is 0 Å². The molecule has 0 bridgehead atoms. The number of hydrogen-bond acceptors (Lipinski definition) is 0. The average Bonchev–Trinajstić information content (AvgIpc) is 0. The molecule has 0 atom stereocenters. The molecule has 27 valence electrons. The summed E-state index contributed by atoms with van der Waals surface area (Å²) >= 11 is 0. The standard InChI is InChI=1S/Fe.Mg.Mn.H2O.Zn/h;;;1H2;. The van der Waals surface area contributed by atoms with Gasteiger partial charge >= 0.3 is 0 Å². The Labute approximate surface area is 81.2 Å². The van der Waals surface area contributed by atoms with Gasteiger partial charge in [-0.3, -0.25) is 0 Å². The van der Waals surface area contributed by atoms with E-state index < -0.39 is 0 Å². The van der Waals surface area contributed by atoms with E-state index in [-0.39, 0.29) is 82.1 Å². The number of rotatable bonds is 0. The Morgan fingerprint density at radius 2 is 1.00 bits per heavy atom. The van der Waals surface area contributed by atoms with Crippen molar-refractivity contribution in [1.29, 1.82) is 0 Å². The van der Waals surface area contributed by atoms with Gasteiger partial charge in [-0.25, -0.2) is 0 Å². The Morgan fingerprint density at radius 1 is 1.00 bits per heavy atom. The molecular weight excluding hydrogens is 216 g/mol. The molecule has 0 rings (SSSR count). The SMILES string of the molecule is O.[Fe].[Mg].[Mn].[Zn]. The van der Waals surface area contributed by atoms with Gasteiger partial charge in [-0.15, -0.1) is 0 Å².